The first-order chi connectivity index (χ1) is 10.5. The molecule has 1 aromatic carbocycles. The molecule has 1 amide bonds. The lowest BCUT2D eigenvalue weighted by Gasteiger charge is -2.23. The molecule has 2 rings (SSSR count). The number of carbonyl (C=O) groups is 2. The summed E-state index contributed by atoms with van der Waals surface area (Å²) >= 11 is 1.92. The van der Waals surface area contributed by atoms with Crippen LogP contribution in [-0.4, -0.2) is 47.7 Å². The minimum Gasteiger partial charge on any atom is -0.325 e. The molecule has 2 atom stereocenters. The van der Waals surface area contributed by atoms with Crippen LogP contribution in [0.5, 0.6) is 0 Å². The summed E-state index contributed by atoms with van der Waals surface area (Å²) in [4.78, 5) is 25.7. The summed E-state index contributed by atoms with van der Waals surface area (Å²) in [6, 6.07) is 7.57. The maximum atomic E-state index is 12.2. The third-order valence-electron chi connectivity index (χ3n) is 4.26. The first-order valence-electron chi connectivity index (χ1n) is 7.63. The molecule has 0 aliphatic heterocycles. The van der Waals surface area contributed by atoms with Crippen LogP contribution < -0.4 is 5.32 Å². The second kappa shape index (κ2) is 7.79. The Kier molecular flexibility index (Phi) is 6.03. The third kappa shape index (κ3) is 4.58. The number of anilines is 1. The molecule has 0 radical (unpaired) electrons. The number of ketones is 1. The third-order valence-corrected chi connectivity index (χ3v) is 5.35. The summed E-state index contributed by atoms with van der Waals surface area (Å²) in [5.74, 6) is -0.0296. The van der Waals surface area contributed by atoms with Crippen LogP contribution in [0.1, 0.15) is 36.5 Å². The molecular weight excluding hydrogens is 296 g/mol. The van der Waals surface area contributed by atoms with E-state index in [0.717, 1.165) is 18.1 Å². The normalized spacial score (nSPS) is 21.1. The topological polar surface area (TPSA) is 49.4 Å². The Balaban J connectivity index is 1.87. The van der Waals surface area contributed by atoms with Crippen molar-refractivity contribution in [2.45, 2.75) is 37.5 Å². The largest absolute Gasteiger partial charge is 0.325 e. The monoisotopic (exact) mass is 320 g/mol. The summed E-state index contributed by atoms with van der Waals surface area (Å²) in [6.07, 6.45) is 5.71. The highest BCUT2D eigenvalue weighted by Crippen LogP contribution is 2.30. The van der Waals surface area contributed by atoms with Crippen LogP contribution in [-0.2, 0) is 4.79 Å². The summed E-state index contributed by atoms with van der Waals surface area (Å²) in [5.41, 5.74) is 1.30. The van der Waals surface area contributed by atoms with Gasteiger partial charge >= 0.3 is 0 Å². The Bertz CT molecular complexity index is 547. The molecule has 0 spiro atoms. The predicted octanol–water partition coefficient (Wildman–Crippen LogP) is 3.04. The zero-order valence-corrected chi connectivity index (χ0v) is 14.3. The lowest BCUT2D eigenvalue weighted by Crippen LogP contribution is -2.36. The van der Waals surface area contributed by atoms with E-state index in [2.05, 4.69) is 16.5 Å². The molecule has 1 aliphatic carbocycles. The van der Waals surface area contributed by atoms with Gasteiger partial charge in [0.25, 0.3) is 0 Å². The van der Waals surface area contributed by atoms with Gasteiger partial charge in [-0.3, -0.25) is 14.5 Å². The van der Waals surface area contributed by atoms with E-state index < -0.39 is 0 Å². The van der Waals surface area contributed by atoms with Gasteiger partial charge in [0.15, 0.2) is 5.78 Å². The van der Waals surface area contributed by atoms with E-state index in [-0.39, 0.29) is 11.7 Å². The number of benzene rings is 1. The van der Waals surface area contributed by atoms with Crippen molar-refractivity contribution in [1.82, 2.24) is 4.90 Å². The Morgan fingerprint density at radius 3 is 2.77 bits per heavy atom. The molecule has 22 heavy (non-hydrogen) atoms. The van der Waals surface area contributed by atoms with E-state index in [0.29, 0.717) is 23.8 Å². The maximum Gasteiger partial charge on any atom is 0.238 e. The molecule has 1 N–H and O–H groups in total. The van der Waals surface area contributed by atoms with Crippen molar-refractivity contribution < 1.29 is 9.59 Å². The summed E-state index contributed by atoms with van der Waals surface area (Å²) in [6.45, 7) is 1.91. The number of thioether (sulfide) groups is 1. The van der Waals surface area contributed by atoms with Crippen LogP contribution in [0.2, 0.25) is 0 Å². The minimum atomic E-state index is -0.0317. The molecule has 120 valence electrons. The number of amides is 1. The molecule has 0 saturated heterocycles. The smallest absolute Gasteiger partial charge is 0.238 e. The molecule has 0 unspecified atom stereocenters. The van der Waals surface area contributed by atoms with Gasteiger partial charge in [-0.1, -0.05) is 12.1 Å². The molecule has 0 bridgehead atoms. The molecule has 4 nitrogen and oxygen atoms in total. The van der Waals surface area contributed by atoms with Crippen LogP contribution in [0.3, 0.4) is 0 Å². The zero-order chi connectivity index (χ0) is 16.1. The average Bonchev–Trinajstić information content (AvgIpc) is 2.96. The Hall–Kier alpha value is -1.33. The number of nitrogens with one attached hydrogen (secondary N) is 1. The lowest BCUT2D eigenvalue weighted by molar-refractivity contribution is -0.117. The molecule has 1 aromatic rings. The Morgan fingerprint density at radius 2 is 2.14 bits per heavy atom. The summed E-state index contributed by atoms with van der Waals surface area (Å²) in [7, 11) is 2.01. The van der Waals surface area contributed by atoms with Crippen molar-refractivity contribution in [3.05, 3.63) is 29.8 Å². The van der Waals surface area contributed by atoms with Gasteiger partial charge in [0.2, 0.25) is 5.91 Å². The Morgan fingerprint density at radius 1 is 1.36 bits per heavy atom. The minimum absolute atomic E-state index is 0.00211. The number of rotatable bonds is 6. The summed E-state index contributed by atoms with van der Waals surface area (Å²) < 4.78 is 0. The van der Waals surface area contributed by atoms with E-state index in [9.17, 15) is 9.59 Å². The highest BCUT2D eigenvalue weighted by molar-refractivity contribution is 7.99. The number of Topliss-reactive ketones (excluding diaryl/α,β-unsaturated/α-hetero) is 1. The first kappa shape index (κ1) is 17.0. The fraction of sp³-hybridized carbons (Fsp3) is 0.529. The van der Waals surface area contributed by atoms with E-state index in [1.165, 1.54) is 13.3 Å². The van der Waals surface area contributed by atoms with Crippen molar-refractivity contribution >= 4 is 29.1 Å². The van der Waals surface area contributed by atoms with Gasteiger partial charge in [0, 0.05) is 22.5 Å². The van der Waals surface area contributed by atoms with Gasteiger partial charge in [-0.15, -0.1) is 0 Å². The van der Waals surface area contributed by atoms with Crippen LogP contribution >= 0.6 is 11.8 Å². The van der Waals surface area contributed by atoms with E-state index >= 15 is 0 Å². The van der Waals surface area contributed by atoms with Crippen molar-refractivity contribution in [1.29, 1.82) is 0 Å². The molecule has 1 fully saturated rings. The van der Waals surface area contributed by atoms with E-state index in [1.807, 2.05) is 24.9 Å². The van der Waals surface area contributed by atoms with E-state index in [4.69, 9.17) is 0 Å². The van der Waals surface area contributed by atoms with Gasteiger partial charge in [-0.25, -0.2) is 0 Å². The number of likely N-dealkylation sites (N-methyl/N-ethyl adjacent to an activating group) is 1. The number of hydrogen-bond acceptors (Lipinski definition) is 4. The maximum absolute atomic E-state index is 12.2. The van der Waals surface area contributed by atoms with Gasteiger partial charge in [0.1, 0.15) is 0 Å². The molecule has 0 aromatic heterocycles. The second-order valence-electron chi connectivity index (χ2n) is 5.92. The molecule has 1 aliphatic rings. The highest BCUT2D eigenvalue weighted by Gasteiger charge is 2.27. The van der Waals surface area contributed by atoms with Gasteiger partial charge in [-0.2, -0.15) is 11.8 Å². The van der Waals surface area contributed by atoms with Crippen molar-refractivity contribution in [2.75, 3.05) is 25.2 Å². The second-order valence-corrected chi connectivity index (χ2v) is 7.06. The van der Waals surface area contributed by atoms with Crippen molar-refractivity contribution in [3.63, 3.8) is 0 Å². The van der Waals surface area contributed by atoms with Crippen LogP contribution in [0, 0.1) is 0 Å². The molecule has 5 heteroatoms. The first-order valence-corrected chi connectivity index (χ1v) is 8.92. The van der Waals surface area contributed by atoms with E-state index in [1.54, 1.807) is 18.2 Å². The van der Waals surface area contributed by atoms with Gasteiger partial charge in [0.05, 0.1) is 6.54 Å². The quantitative estimate of drug-likeness (QED) is 0.819. The molecular formula is C17H24N2O2S. The summed E-state index contributed by atoms with van der Waals surface area (Å²) in [5, 5.41) is 3.60. The number of nitrogens with zero attached hydrogens (tertiary/aromatic N) is 1. The number of carbonyl (C=O) groups excluding carboxylic acids is 2. The predicted molar refractivity (Wildman–Crippen MR) is 92.6 cm³/mol. The van der Waals surface area contributed by atoms with Gasteiger partial charge in [-0.05, 0) is 51.6 Å². The Labute approximate surface area is 136 Å². The fourth-order valence-corrected chi connectivity index (χ4v) is 3.69. The molecule has 0 heterocycles. The van der Waals surface area contributed by atoms with Gasteiger partial charge < -0.3 is 5.32 Å². The number of hydrogen-bond donors (Lipinski definition) is 1. The van der Waals surface area contributed by atoms with Crippen LogP contribution in [0.4, 0.5) is 5.69 Å². The van der Waals surface area contributed by atoms with Crippen LogP contribution in [0.25, 0.3) is 0 Å². The lowest BCUT2D eigenvalue weighted by atomic mass is 10.1. The SMILES string of the molecule is CS[C@H]1CC[C@H](N(C)CC(=O)Nc2cccc(C(C)=O)c2)C1. The zero-order valence-electron chi connectivity index (χ0n) is 13.5. The highest BCUT2D eigenvalue weighted by atomic mass is 32.2. The van der Waals surface area contributed by atoms with Crippen molar-refractivity contribution in [3.8, 4) is 0 Å². The molecule has 1 saturated carbocycles. The average molecular weight is 320 g/mol. The standard InChI is InChI=1S/C17H24N2O2S/c1-12(20)13-5-4-6-14(9-13)18-17(21)11-19(2)15-7-8-16(10-15)22-3/h4-6,9,15-16H,7-8,10-11H2,1-3H3,(H,18,21)/t15-,16-/m0/s1. The fourth-order valence-electron chi connectivity index (χ4n) is 2.90. The van der Waals surface area contributed by atoms with Crippen molar-refractivity contribution in [2.24, 2.45) is 0 Å². The van der Waals surface area contributed by atoms with Crippen LogP contribution in [0.15, 0.2) is 24.3 Å².